The minimum absolute atomic E-state index is 0.234. The lowest BCUT2D eigenvalue weighted by Gasteiger charge is -2.36. The van der Waals surface area contributed by atoms with Gasteiger partial charge in [0, 0.05) is 11.9 Å². The molecule has 1 saturated heterocycles. The number of nitrogens with one attached hydrogen (secondary N) is 2. The predicted molar refractivity (Wildman–Crippen MR) is 135 cm³/mol. The summed E-state index contributed by atoms with van der Waals surface area (Å²) in [5.41, 5.74) is -1.32. The van der Waals surface area contributed by atoms with Crippen molar-refractivity contribution in [2.75, 3.05) is 6.61 Å². The van der Waals surface area contributed by atoms with E-state index in [-0.39, 0.29) is 18.5 Å². The first-order valence-corrected chi connectivity index (χ1v) is 13.8. The lowest BCUT2D eigenvalue weighted by atomic mass is 9.96. The normalized spacial score (nSPS) is 28.5. The molecule has 198 valence electrons. The molecular formula is C23H32N3O8PS. The zero-order chi connectivity index (χ0) is 26.7. The maximum Gasteiger partial charge on any atom is 0.459 e. The van der Waals surface area contributed by atoms with E-state index < -0.39 is 48.1 Å². The minimum Gasteiger partial charge on any atom is -0.462 e. The number of nitrogens with zero attached hydrogens (tertiary/aromatic N) is 1. The Hall–Kier alpha value is -2.34. The van der Waals surface area contributed by atoms with Crippen molar-refractivity contribution in [2.45, 2.75) is 62.2 Å². The van der Waals surface area contributed by atoms with Gasteiger partial charge in [-0.3, -0.25) is 14.2 Å². The quantitative estimate of drug-likeness (QED) is 0.258. The van der Waals surface area contributed by atoms with Crippen molar-refractivity contribution in [3.63, 3.8) is 0 Å². The van der Waals surface area contributed by atoms with Crippen LogP contribution in [0.3, 0.4) is 0 Å². The second-order valence-electron chi connectivity index (χ2n) is 8.91. The summed E-state index contributed by atoms with van der Waals surface area (Å²) in [5, 5.41) is 25.3. The first kappa shape index (κ1) is 28.2. The van der Waals surface area contributed by atoms with Crippen LogP contribution in [0.2, 0.25) is 0 Å². The van der Waals surface area contributed by atoms with E-state index in [9.17, 15) is 24.4 Å². The molecule has 0 radical (unpaired) electrons. The Bertz CT molecular complexity index is 1050. The summed E-state index contributed by atoms with van der Waals surface area (Å²) in [4.78, 5) is 26.0. The molecule has 0 saturated carbocycles. The zero-order valence-electron chi connectivity index (χ0n) is 20.5. The number of carbonyl (C=O) groups is 2. The maximum atomic E-state index is 13.7. The standard InChI is InChI=1S/C23H32N3O8PS/c1-14(2)33-20(28)16(4)25-35(31,34-17-9-7-6-8-10-17)32-13-18-19(27)23(5,30)21(36-18)26-12-11-15(3)24-22(26)29/h6-12,14,16,18-19,21,27,30H,3,13H2,1-2,4-5H3,(H,24,29)(H,25,31)/t16-,18-,19-,21-,23-,35-/m1/s1. The molecule has 36 heavy (non-hydrogen) atoms. The first-order chi connectivity index (χ1) is 16.8. The highest BCUT2D eigenvalue weighted by Crippen LogP contribution is 2.49. The van der Waals surface area contributed by atoms with Crippen LogP contribution in [-0.4, -0.2) is 68.2 Å². The van der Waals surface area contributed by atoms with Gasteiger partial charge in [0.2, 0.25) is 0 Å². The minimum atomic E-state index is -4.16. The Morgan fingerprint density at radius 2 is 2.00 bits per heavy atom. The Balaban J connectivity index is 1.76. The largest absolute Gasteiger partial charge is 0.462 e. The van der Waals surface area contributed by atoms with Crippen LogP contribution >= 0.6 is 19.5 Å². The van der Waals surface area contributed by atoms with Gasteiger partial charge >= 0.3 is 19.7 Å². The average molecular weight is 542 g/mol. The number of esters is 1. The number of thioether (sulfide) groups is 1. The number of aliphatic hydroxyl groups excluding tert-OH is 1. The number of hydrogen-bond donors (Lipinski definition) is 4. The fourth-order valence-electron chi connectivity index (χ4n) is 3.55. The van der Waals surface area contributed by atoms with E-state index in [2.05, 4.69) is 17.0 Å². The Kier molecular flexibility index (Phi) is 8.92. The number of amides is 2. The number of ether oxygens (including phenoxy) is 1. The van der Waals surface area contributed by atoms with Gasteiger partial charge in [0.1, 0.15) is 22.8 Å². The van der Waals surface area contributed by atoms with Gasteiger partial charge in [0.05, 0.1) is 24.1 Å². The van der Waals surface area contributed by atoms with Gasteiger partial charge in [0.25, 0.3) is 0 Å². The van der Waals surface area contributed by atoms with E-state index in [1.165, 1.54) is 24.9 Å². The highest BCUT2D eigenvalue weighted by Gasteiger charge is 2.55. The zero-order valence-corrected chi connectivity index (χ0v) is 22.2. The van der Waals surface area contributed by atoms with Crippen LogP contribution in [0.25, 0.3) is 0 Å². The molecule has 4 N–H and O–H groups in total. The van der Waals surface area contributed by atoms with Gasteiger partial charge in [0.15, 0.2) is 0 Å². The highest BCUT2D eigenvalue weighted by atomic mass is 32.2. The molecule has 1 fully saturated rings. The molecule has 2 aliphatic heterocycles. The number of carbonyl (C=O) groups excluding carboxylic acids is 2. The van der Waals surface area contributed by atoms with Crippen LogP contribution in [-0.2, 0) is 18.6 Å². The van der Waals surface area contributed by atoms with Crippen LogP contribution in [0.1, 0.15) is 27.7 Å². The van der Waals surface area contributed by atoms with Crippen molar-refractivity contribution >= 4 is 31.5 Å². The third-order valence-electron chi connectivity index (χ3n) is 5.38. The summed E-state index contributed by atoms with van der Waals surface area (Å²) in [6.45, 7) is 9.59. The summed E-state index contributed by atoms with van der Waals surface area (Å²) in [6, 6.07) is 6.72. The molecule has 0 spiro atoms. The molecular weight excluding hydrogens is 509 g/mol. The van der Waals surface area contributed by atoms with E-state index in [4.69, 9.17) is 13.8 Å². The average Bonchev–Trinajstić information content (AvgIpc) is 3.01. The lowest BCUT2D eigenvalue weighted by Crippen LogP contribution is -2.55. The van der Waals surface area contributed by atoms with E-state index in [0.29, 0.717) is 5.70 Å². The van der Waals surface area contributed by atoms with E-state index in [0.717, 1.165) is 11.8 Å². The Morgan fingerprint density at radius 1 is 1.33 bits per heavy atom. The van der Waals surface area contributed by atoms with Crippen LogP contribution in [0.15, 0.2) is 54.9 Å². The van der Waals surface area contributed by atoms with Crippen molar-refractivity contribution in [2.24, 2.45) is 0 Å². The molecule has 13 heteroatoms. The molecule has 2 amide bonds. The van der Waals surface area contributed by atoms with Gasteiger partial charge in [-0.1, -0.05) is 24.8 Å². The third-order valence-corrected chi connectivity index (χ3v) is 8.73. The molecule has 11 nitrogen and oxygen atoms in total. The second-order valence-corrected chi connectivity index (χ2v) is 11.9. The summed E-state index contributed by atoms with van der Waals surface area (Å²) in [5.74, 6) is -0.411. The van der Waals surface area contributed by atoms with Crippen molar-refractivity contribution in [1.82, 2.24) is 15.3 Å². The SMILES string of the molecule is C=C1C=CN([C@@H]2S[C@H](CO[P@](=O)(N[C@H](C)C(=O)OC(C)C)Oc3ccccc3)[C@@H](O)[C@@]2(C)O)C(=O)N1. The highest BCUT2D eigenvalue weighted by molar-refractivity contribution is 8.01. The van der Waals surface area contributed by atoms with Crippen molar-refractivity contribution in [3.05, 3.63) is 54.9 Å². The van der Waals surface area contributed by atoms with Gasteiger partial charge in [-0.25, -0.2) is 9.36 Å². The summed E-state index contributed by atoms with van der Waals surface area (Å²) in [7, 11) is -4.16. The molecule has 6 atom stereocenters. The first-order valence-electron chi connectivity index (χ1n) is 11.3. The van der Waals surface area contributed by atoms with E-state index >= 15 is 0 Å². The molecule has 0 aromatic heterocycles. The second kappa shape index (κ2) is 11.4. The molecule has 2 aliphatic rings. The van der Waals surface area contributed by atoms with Crippen molar-refractivity contribution in [1.29, 1.82) is 0 Å². The van der Waals surface area contributed by atoms with E-state index in [1.807, 2.05) is 0 Å². The number of benzene rings is 1. The van der Waals surface area contributed by atoms with Crippen LogP contribution in [0.4, 0.5) is 4.79 Å². The summed E-state index contributed by atoms with van der Waals surface area (Å²) in [6.07, 6.45) is 1.32. The number of rotatable bonds is 10. The number of allylic oxidation sites excluding steroid dienone is 1. The smallest absolute Gasteiger partial charge is 0.459 e. The summed E-state index contributed by atoms with van der Waals surface area (Å²) < 4.78 is 30.1. The molecule has 3 rings (SSSR count). The number of para-hydroxylation sites is 1. The molecule has 2 heterocycles. The molecule has 1 aromatic rings. The maximum absolute atomic E-state index is 13.7. The Labute approximate surface area is 214 Å². The van der Waals surface area contributed by atoms with E-state index in [1.54, 1.807) is 50.3 Å². The Morgan fingerprint density at radius 3 is 2.61 bits per heavy atom. The summed E-state index contributed by atoms with van der Waals surface area (Å²) >= 11 is 1.08. The number of aliphatic hydroxyl groups is 2. The third kappa shape index (κ3) is 6.70. The van der Waals surface area contributed by atoms with Gasteiger partial charge in [-0.15, -0.1) is 11.8 Å². The predicted octanol–water partition coefficient (Wildman–Crippen LogP) is 2.73. The van der Waals surface area contributed by atoms with Crippen molar-refractivity contribution < 1.29 is 38.2 Å². The molecule has 0 unspecified atom stereocenters. The number of urea groups is 1. The van der Waals surface area contributed by atoms with Crippen molar-refractivity contribution in [3.8, 4) is 5.75 Å². The fourth-order valence-corrected chi connectivity index (χ4v) is 6.78. The molecule has 0 bridgehead atoms. The topological polar surface area (TPSA) is 147 Å². The lowest BCUT2D eigenvalue weighted by molar-refractivity contribution is -0.149. The van der Waals surface area contributed by atoms with Gasteiger partial charge < -0.3 is 24.8 Å². The van der Waals surface area contributed by atoms with Crippen LogP contribution < -0.4 is 14.9 Å². The molecule has 1 aromatic carbocycles. The molecule has 0 aliphatic carbocycles. The van der Waals surface area contributed by atoms with Crippen LogP contribution in [0, 0.1) is 0 Å². The monoisotopic (exact) mass is 541 g/mol. The van der Waals surface area contributed by atoms with Gasteiger partial charge in [-0.05, 0) is 45.9 Å². The van der Waals surface area contributed by atoms with Crippen LogP contribution in [0.5, 0.6) is 5.75 Å². The fraction of sp³-hybridized carbons (Fsp3) is 0.478. The van der Waals surface area contributed by atoms with Gasteiger partial charge in [-0.2, -0.15) is 5.09 Å². The number of hydrogen-bond acceptors (Lipinski definition) is 9.